The molecule has 1 N–H and O–H groups in total. The lowest BCUT2D eigenvalue weighted by Crippen LogP contribution is -2.29. The zero-order valence-electron chi connectivity index (χ0n) is 8.57. The highest BCUT2D eigenvalue weighted by Gasteiger charge is 2.27. The zero-order chi connectivity index (χ0) is 9.97. The Morgan fingerprint density at radius 3 is 2.93 bits per heavy atom. The summed E-state index contributed by atoms with van der Waals surface area (Å²) in [5, 5.41) is 0. The monoisotopic (exact) mass is 211 g/mol. The van der Waals surface area contributed by atoms with Gasteiger partial charge >= 0.3 is 0 Å². The van der Waals surface area contributed by atoms with Gasteiger partial charge in [-0.05, 0) is 31.6 Å². The molecule has 0 aliphatic heterocycles. The highest BCUT2D eigenvalue weighted by atomic mass is 32.1. The third-order valence-corrected chi connectivity index (χ3v) is 3.17. The first kappa shape index (κ1) is 9.93. The number of nitrogens with one attached hydrogen (secondary N) is 1. The normalized spacial score (nSPS) is 16.4. The molecule has 0 amide bonds. The van der Waals surface area contributed by atoms with Crippen LogP contribution in [0.4, 0.5) is 0 Å². The van der Waals surface area contributed by atoms with E-state index in [1.54, 1.807) is 0 Å². The van der Waals surface area contributed by atoms with Gasteiger partial charge in [-0.2, -0.15) is 0 Å². The standard InChI is InChI=1S/C10H17N3S/c1-2-12(9-3-4-9)7-8-13-6-5-11-10(13)14/h5-6,9H,2-4,7-8H2,1H3,(H,11,14). The van der Waals surface area contributed by atoms with Crippen molar-refractivity contribution in [2.24, 2.45) is 0 Å². The van der Waals surface area contributed by atoms with Crippen molar-refractivity contribution < 1.29 is 0 Å². The number of aromatic amines is 1. The maximum Gasteiger partial charge on any atom is 0.177 e. The molecule has 0 spiro atoms. The Bertz CT molecular complexity index is 337. The highest BCUT2D eigenvalue weighted by molar-refractivity contribution is 7.71. The zero-order valence-corrected chi connectivity index (χ0v) is 9.39. The van der Waals surface area contributed by atoms with E-state index in [1.165, 1.54) is 12.8 Å². The molecule has 1 fully saturated rings. The van der Waals surface area contributed by atoms with Crippen LogP contribution in [0, 0.1) is 4.77 Å². The van der Waals surface area contributed by atoms with Crippen LogP contribution in [0.5, 0.6) is 0 Å². The minimum Gasteiger partial charge on any atom is -0.337 e. The Balaban J connectivity index is 1.86. The summed E-state index contributed by atoms with van der Waals surface area (Å²) < 4.78 is 2.93. The minimum atomic E-state index is 0.830. The molecule has 0 unspecified atom stereocenters. The molecule has 3 nitrogen and oxygen atoms in total. The summed E-state index contributed by atoms with van der Waals surface area (Å²) in [5.41, 5.74) is 0. The molecule has 0 saturated heterocycles. The third-order valence-electron chi connectivity index (χ3n) is 2.82. The van der Waals surface area contributed by atoms with Gasteiger partial charge in [-0.3, -0.25) is 4.90 Å². The van der Waals surface area contributed by atoms with E-state index in [4.69, 9.17) is 12.2 Å². The Labute approximate surface area is 89.7 Å². The average molecular weight is 211 g/mol. The van der Waals surface area contributed by atoms with E-state index in [1.807, 2.05) is 12.4 Å². The Morgan fingerprint density at radius 2 is 2.43 bits per heavy atom. The molecule has 78 valence electrons. The molecule has 14 heavy (non-hydrogen) atoms. The van der Waals surface area contributed by atoms with Gasteiger partial charge in [0.15, 0.2) is 4.77 Å². The van der Waals surface area contributed by atoms with Crippen molar-refractivity contribution in [1.82, 2.24) is 14.5 Å². The van der Waals surface area contributed by atoms with Crippen LogP contribution in [0.25, 0.3) is 0 Å². The van der Waals surface area contributed by atoms with Crippen LogP contribution in [0.2, 0.25) is 0 Å². The molecule has 2 rings (SSSR count). The van der Waals surface area contributed by atoms with Crippen LogP contribution >= 0.6 is 12.2 Å². The molecule has 0 radical (unpaired) electrons. The molecule has 4 heteroatoms. The van der Waals surface area contributed by atoms with Crippen molar-refractivity contribution in [3.8, 4) is 0 Å². The second kappa shape index (κ2) is 4.28. The van der Waals surface area contributed by atoms with Crippen LogP contribution in [0.3, 0.4) is 0 Å². The first-order chi connectivity index (χ1) is 6.81. The topological polar surface area (TPSA) is 24.0 Å². The Hall–Kier alpha value is -0.610. The van der Waals surface area contributed by atoms with E-state index in [2.05, 4.69) is 21.4 Å². The average Bonchev–Trinajstić information content (AvgIpc) is 2.93. The fourth-order valence-corrected chi connectivity index (χ4v) is 2.02. The summed E-state index contributed by atoms with van der Waals surface area (Å²) in [5.74, 6) is 0. The lowest BCUT2D eigenvalue weighted by Gasteiger charge is -2.19. The van der Waals surface area contributed by atoms with Gasteiger partial charge in [-0.25, -0.2) is 0 Å². The number of H-pyrrole nitrogens is 1. The maximum atomic E-state index is 5.14. The summed E-state index contributed by atoms with van der Waals surface area (Å²) in [6.07, 6.45) is 6.68. The van der Waals surface area contributed by atoms with Gasteiger partial charge in [0, 0.05) is 31.5 Å². The molecular formula is C10H17N3S. The first-order valence-electron chi connectivity index (χ1n) is 5.29. The van der Waals surface area contributed by atoms with Crippen molar-refractivity contribution in [3.63, 3.8) is 0 Å². The van der Waals surface area contributed by atoms with Gasteiger partial charge in [0.05, 0.1) is 0 Å². The van der Waals surface area contributed by atoms with Crippen molar-refractivity contribution in [1.29, 1.82) is 0 Å². The van der Waals surface area contributed by atoms with E-state index in [-0.39, 0.29) is 0 Å². The number of aromatic nitrogens is 2. The van der Waals surface area contributed by atoms with Gasteiger partial charge in [0.25, 0.3) is 0 Å². The smallest absolute Gasteiger partial charge is 0.177 e. The Kier molecular flexibility index (Phi) is 3.03. The second-order valence-electron chi connectivity index (χ2n) is 3.82. The van der Waals surface area contributed by atoms with E-state index in [0.29, 0.717) is 0 Å². The van der Waals surface area contributed by atoms with Gasteiger partial charge in [-0.15, -0.1) is 0 Å². The quantitative estimate of drug-likeness (QED) is 0.753. The van der Waals surface area contributed by atoms with Gasteiger partial charge in [0.2, 0.25) is 0 Å². The number of rotatable bonds is 5. The molecule has 1 aromatic rings. The van der Waals surface area contributed by atoms with Crippen LogP contribution < -0.4 is 0 Å². The summed E-state index contributed by atoms with van der Waals surface area (Å²) in [4.78, 5) is 5.55. The van der Waals surface area contributed by atoms with Gasteiger partial charge in [0.1, 0.15) is 0 Å². The molecule has 0 bridgehead atoms. The van der Waals surface area contributed by atoms with Crippen LogP contribution in [0.1, 0.15) is 19.8 Å². The predicted octanol–water partition coefficient (Wildman–Crippen LogP) is 2.03. The summed E-state index contributed by atoms with van der Waals surface area (Å²) >= 11 is 5.14. The number of likely N-dealkylation sites (N-methyl/N-ethyl adjacent to an activating group) is 1. The van der Waals surface area contributed by atoms with E-state index >= 15 is 0 Å². The summed E-state index contributed by atoms with van der Waals surface area (Å²) in [7, 11) is 0. The highest BCUT2D eigenvalue weighted by Crippen LogP contribution is 2.26. The largest absolute Gasteiger partial charge is 0.337 e. The van der Waals surface area contributed by atoms with E-state index in [9.17, 15) is 0 Å². The molecule has 0 atom stereocenters. The molecule has 1 heterocycles. The predicted molar refractivity (Wildman–Crippen MR) is 59.9 cm³/mol. The lowest BCUT2D eigenvalue weighted by molar-refractivity contribution is 0.265. The molecule has 1 saturated carbocycles. The summed E-state index contributed by atoms with van der Waals surface area (Å²) in [6.45, 7) is 5.51. The van der Waals surface area contributed by atoms with E-state index < -0.39 is 0 Å². The fraction of sp³-hybridized carbons (Fsp3) is 0.700. The maximum absolute atomic E-state index is 5.14. The molecule has 0 aromatic carbocycles. The van der Waals surface area contributed by atoms with Crippen molar-refractivity contribution in [2.45, 2.75) is 32.4 Å². The number of imidazole rings is 1. The first-order valence-corrected chi connectivity index (χ1v) is 5.70. The SMILES string of the molecule is CCN(CCn1cc[nH]c1=S)C1CC1. The van der Waals surface area contributed by atoms with Crippen molar-refractivity contribution >= 4 is 12.2 Å². The van der Waals surface area contributed by atoms with Gasteiger partial charge in [-0.1, -0.05) is 6.92 Å². The van der Waals surface area contributed by atoms with Crippen LogP contribution in [-0.4, -0.2) is 33.6 Å². The van der Waals surface area contributed by atoms with Crippen molar-refractivity contribution in [3.05, 3.63) is 17.2 Å². The molecule has 1 aliphatic rings. The number of hydrogen-bond donors (Lipinski definition) is 1. The molecule has 1 aromatic heterocycles. The van der Waals surface area contributed by atoms with Gasteiger partial charge < -0.3 is 9.55 Å². The molecule has 1 aliphatic carbocycles. The number of hydrogen-bond acceptors (Lipinski definition) is 2. The van der Waals surface area contributed by atoms with Crippen LogP contribution in [0.15, 0.2) is 12.4 Å². The minimum absolute atomic E-state index is 0.830. The second-order valence-corrected chi connectivity index (χ2v) is 4.21. The lowest BCUT2D eigenvalue weighted by atomic mass is 10.4. The van der Waals surface area contributed by atoms with Crippen molar-refractivity contribution in [2.75, 3.05) is 13.1 Å². The molecular weight excluding hydrogens is 194 g/mol. The van der Waals surface area contributed by atoms with E-state index in [0.717, 1.165) is 30.4 Å². The fourth-order valence-electron chi connectivity index (χ4n) is 1.80. The Morgan fingerprint density at radius 1 is 1.64 bits per heavy atom. The number of nitrogens with zero attached hydrogens (tertiary/aromatic N) is 2. The summed E-state index contributed by atoms with van der Waals surface area (Å²) in [6, 6.07) is 0.855. The third kappa shape index (κ3) is 2.25. The van der Waals surface area contributed by atoms with Crippen LogP contribution in [-0.2, 0) is 6.54 Å².